The average Bonchev–Trinajstić information content (AvgIpc) is 3.37. The summed E-state index contributed by atoms with van der Waals surface area (Å²) in [6.45, 7) is 0.709. The number of amides is 1. The second-order valence-electron chi connectivity index (χ2n) is 5.59. The summed E-state index contributed by atoms with van der Waals surface area (Å²) in [4.78, 5) is 18.6. The number of carbonyl (C=O) groups is 1. The van der Waals surface area contributed by atoms with Gasteiger partial charge in [-0.05, 0) is 42.5 Å². The maximum absolute atomic E-state index is 12.5. The lowest BCUT2D eigenvalue weighted by Gasteiger charge is -2.22. The first kappa shape index (κ1) is 13.8. The van der Waals surface area contributed by atoms with Gasteiger partial charge in [0.1, 0.15) is 0 Å². The van der Waals surface area contributed by atoms with Crippen molar-refractivity contribution < 1.29 is 4.79 Å². The molecule has 1 heterocycles. The first-order chi connectivity index (χ1) is 10.3. The van der Waals surface area contributed by atoms with E-state index >= 15 is 0 Å². The average molecular weight is 280 g/mol. The van der Waals surface area contributed by atoms with Crippen LogP contribution in [0.5, 0.6) is 0 Å². The van der Waals surface area contributed by atoms with E-state index in [2.05, 4.69) is 17.1 Å². The summed E-state index contributed by atoms with van der Waals surface area (Å²) in [5.74, 6) is 0.262. The van der Waals surface area contributed by atoms with Crippen LogP contribution >= 0.6 is 0 Å². The SMILES string of the molecule is O=C(CCc1ccccc1)N(Cc1ccncc1)C1CC1. The van der Waals surface area contributed by atoms with Crippen molar-refractivity contribution in [3.05, 3.63) is 66.0 Å². The molecule has 1 aromatic heterocycles. The van der Waals surface area contributed by atoms with Gasteiger partial charge in [0.25, 0.3) is 0 Å². The van der Waals surface area contributed by atoms with Gasteiger partial charge >= 0.3 is 0 Å². The number of aromatic nitrogens is 1. The van der Waals surface area contributed by atoms with Crippen LogP contribution in [-0.4, -0.2) is 21.8 Å². The molecule has 0 radical (unpaired) electrons. The first-order valence-corrected chi connectivity index (χ1v) is 7.55. The second kappa shape index (κ2) is 6.53. The number of rotatable bonds is 6. The van der Waals surface area contributed by atoms with Crippen molar-refractivity contribution >= 4 is 5.91 Å². The van der Waals surface area contributed by atoms with E-state index in [1.165, 1.54) is 5.56 Å². The third-order valence-electron chi connectivity index (χ3n) is 3.88. The molecule has 0 aliphatic heterocycles. The van der Waals surface area contributed by atoms with Gasteiger partial charge in [0.2, 0.25) is 5.91 Å². The van der Waals surface area contributed by atoms with Crippen molar-refractivity contribution in [1.82, 2.24) is 9.88 Å². The third kappa shape index (κ3) is 3.91. The van der Waals surface area contributed by atoms with Gasteiger partial charge < -0.3 is 4.90 Å². The number of carbonyl (C=O) groups excluding carboxylic acids is 1. The molecule has 0 atom stereocenters. The highest BCUT2D eigenvalue weighted by Gasteiger charge is 2.32. The lowest BCUT2D eigenvalue weighted by Crippen LogP contribution is -2.32. The van der Waals surface area contributed by atoms with Crippen LogP contribution in [0.15, 0.2) is 54.9 Å². The van der Waals surface area contributed by atoms with Crippen LogP contribution in [0.3, 0.4) is 0 Å². The molecule has 108 valence electrons. The highest BCUT2D eigenvalue weighted by atomic mass is 16.2. The van der Waals surface area contributed by atoms with E-state index in [-0.39, 0.29) is 5.91 Å². The molecule has 0 bridgehead atoms. The second-order valence-corrected chi connectivity index (χ2v) is 5.59. The predicted octanol–water partition coefficient (Wildman–Crippen LogP) is 3.21. The maximum Gasteiger partial charge on any atom is 0.223 e. The Morgan fingerprint density at radius 3 is 2.43 bits per heavy atom. The highest BCUT2D eigenvalue weighted by Crippen LogP contribution is 2.29. The molecule has 2 aromatic rings. The van der Waals surface area contributed by atoms with Crippen molar-refractivity contribution in [3.63, 3.8) is 0 Å². The quantitative estimate of drug-likeness (QED) is 0.814. The summed E-state index contributed by atoms with van der Waals surface area (Å²) >= 11 is 0. The molecule has 3 heteroatoms. The smallest absolute Gasteiger partial charge is 0.223 e. The largest absolute Gasteiger partial charge is 0.335 e. The van der Waals surface area contributed by atoms with Crippen molar-refractivity contribution in [1.29, 1.82) is 0 Å². The van der Waals surface area contributed by atoms with Gasteiger partial charge in [-0.15, -0.1) is 0 Å². The fraction of sp³-hybridized carbons (Fsp3) is 0.333. The molecule has 3 rings (SSSR count). The fourth-order valence-corrected chi connectivity index (χ4v) is 2.53. The monoisotopic (exact) mass is 280 g/mol. The normalized spacial score (nSPS) is 13.9. The molecule has 0 unspecified atom stereocenters. The minimum Gasteiger partial charge on any atom is -0.335 e. The number of benzene rings is 1. The minimum atomic E-state index is 0.262. The molecule has 1 saturated carbocycles. The van der Waals surface area contributed by atoms with Crippen molar-refractivity contribution in [3.8, 4) is 0 Å². The van der Waals surface area contributed by atoms with Gasteiger partial charge in [-0.25, -0.2) is 0 Å². The molecular weight excluding hydrogens is 260 g/mol. The van der Waals surface area contributed by atoms with Crippen LogP contribution < -0.4 is 0 Å². The highest BCUT2D eigenvalue weighted by molar-refractivity contribution is 5.77. The lowest BCUT2D eigenvalue weighted by atomic mass is 10.1. The van der Waals surface area contributed by atoms with Crippen LogP contribution in [0, 0.1) is 0 Å². The van der Waals surface area contributed by atoms with Gasteiger partial charge in [0, 0.05) is 31.4 Å². The molecule has 1 fully saturated rings. The lowest BCUT2D eigenvalue weighted by molar-refractivity contribution is -0.132. The maximum atomic E-state index is 12.5. The van der Waals surface area contributed by atoms with E-state index in [4.69, 9.17) is 0 Å². The van der Waals surface area contributed by atoms with E-state index < -0.39 is 0 Å². The van der Waals surface area contributed by atoms with E-state index in [1.54, 1.807) is 12.4 Å². The van der Waals surface area contributed by atoms with Crippen molar-refractivity contribution in [2.45, 2.75) is 38.3 Å². The molecule has 1 aromatic carbocycles. The number of hydrogen-bond donors (Lipinski definition) is 0. The van der Waals surface area contributed by atoms with Crippen LogP contribution in [0.1, 0.15) is 30.4 Å². The van der Waals surface area contributed by atoms with Gasteiger partial charge in [0.05, 0.1) is 0 Å². The van der Waals surface area contributed by atoms with Gasteiger partial charge in [-0.2, -0.15) is 0 Å². The standard InChI is InChI=1S/C18H20N2O/c21-18(9-6-15-4-2-1-3-5-15)20(17-7-8-17)14-16-10-12-19-13-11-16/h1-5,10-13,17H,6-9,14H2. The molecule has 0 N–H and O–H groups in total. The van der Waals surface area contributed by atoms with Crippen molar-refractivity contribution in [2.24, 2.45) is 0 Å². The number of nitrogens with zero attached hydrogens (tertiary/aromatic N) is 2. The zero-order valence-corrected chi connectivity index (χ0v) is 12.1. The molecule has 1 aliphatic rings. The molecule has 1 amide bonds. The molecular formula is C18H20N2O. The predicted molar refractivity (Wildman–Crippen MR) is 82.6 cm³/mol. The Balaban J connectivity index is 1.60. The Hall–Kier alpha value is -2.16. The van der Waals surface area contributed by atoms with Gasteiger partial charge in [0.15, 0.2) is 0 Å². The summed E-state index contributed by atoms with van der Waals surface area (Å²) in [6.07, 6.45) is 7.26. The van der Waals surface area contributed by atoms with Crippen LogP contribution in [-0.2, 0) is 17.8 Å². The summed E-state index contributed by atoms with van der Waals surface area (Å²) in [5, 5.41) is 0. The van der Waals surface area contributed by atoms with E-state index in [1.807, 2.05) is 35.2 Å². The molecule has 21 heavy (non-hydrogen) atoms. The molecule has 0 spiro atoms. The van der Waals surface area contributed by atoms with E-state index in [0.29, 0.717) is 19.0 Å². The summed E-state index contributed by atoms with van der Waals surface area (Å²) in [6, 6.07) is 14.6. The van der Waals surface area contributed by atoms with E-state index in [9.17, 15) is 4.79 Å². The minimum absolute atomic E-state index is 0.262. The first-order valence-electron chi connectivity index (χ1n) is 7.55. The molecule has 0 saturated heterocycles. The Labute approximate surface area is 125 Å². The van der Waals surface area contributed by atoms with Crippen molar-refractivity contribution in [2.75, 3.05) is 0 Å². The Kier molecular flexibility index (Phi) is 4.29. The number of hydrogen-bond acceptors (Lipinski definition) is 2. The molecule has 3 nitrogen and oxygen atoms in total. The molecule has 1 aliphatic carbocycles. The summed E-state index contributed by atoms with van der Waals surface area (Å²) in [7, 11) is 0. The van der Waals surface area contributed by atoms with Gasteiger partial charge in [-0.3, -0.25) is 9.78 Å². The van der Waals surface area contributed by atoms with Gasteiger partial charge in [-0.1, -0.05) is 30.3 Å². The number of pyridine rings is 1. The Bertz CT molecular complexity index is 579. The van der Waals surface area contributed by atoms with E-state index in [0.717, 1.165) is 24.8 Å². The topological polar surface area (TPSA) is 33.2 Å². The third-order valence-corrected chi connectivity index (χ3v) is 3.88. The number of aryl methyl sites for hydroxylation is 1. The Morgan fingerprint density at radius 2 is 1.76 bits per heavy atom. The zero-order chi connectivity index (χ0) is 14.5. The van der Waals surface area contributed by atoms with Crippen LogP contribution in [0.4, 0.5) is 0 Å². The van der Waals surface area contributed by atoms with Crippen LogP contribution in [0.25, 0.3) is 0 Å². The fourth-order valence-electron chi connectivity index (χ4n) is 2.53. The summed E-state index contributed by atoms with van der Waals surface area (Å²) < 4.78 is 0. The Morgan fingerprint density at radius 1 is 1.05 bits per heavy atom. The summed E-state index contributed by atoms with van der Waals surface area (Å²) in [5.41, 5.74) is 2.38. The zero-order valence-electron chi connectivity index (χ0n) is 12.1. The van der Waals surface area contributed by atoms with Crippen LogP contribution in [0.2, 0.25) is 0 Å².